The lowest BCUT2D eigenvalue weighted by Crippen LogP contribution is -2.00. The van der Waals surface area contributed by atoms with Gasteiger partial charge in [0.25, 0.3) is 0 Å². The molecule has 0 saturated heterocycles. The molecule has 0 aliphatic heterocycles. The molecule has 4 nitrogen and oxygen atoms in total. The van der Waals surface area contributed by atoms with Crippen molar-refractivity contribution in [2.75, 3.05) is 12.8 Å². The molecule has 0 aromatic heterocycles. The summed E-state index contributed by atoms with van der Waals surface area (Å²) in [4.78, 5) is 21.1. The predicted molar refractivity (Wildman–Crippen MR) is 74.0 cm³/mol. The maximum atomic E-state index is 12.0. The van der Waals surface area contributed by atoms with E-state index in [1.54, 1.807) is 24.3 Å². The summed E-state index contributed by atoms with van der Waals surface area (Å²) in [5, 5.41) is 0. The molecule has 0 spiro atoms. The fourth-order valence-electron chi connectivity index (χ4n) is 1.28. The van der Waals surface area contributed by atoms with Gasteiger partial charge in [0.1, 0.15) is 12.1 Å². The fourth-order valence-corrected chi connectivity index (χ4v) is 1.28. The molecule has 0 radical (unpaired) electrons. The van der Waals surface area contributed by atoms with Crippen LogP contribution in [0.5, 0.6) is 0 Å². The lowest BCUT2D eigenvalue weighted by Gasteiger charge is -1.97. The number of halogens is 1. The number of anilines is 1. The van der Waals surface area contributed by atoms with Gasteiger partial charge in [0.15, 0.2) is 0 Å². The Morgan fingerprint density at radius 3 is 2.05 bits per heavy atom. The predicted octanol–water partition coefficient (Wildman–Crippen LogP) is 2.69. The Kier molecular flexibility index (Phi) is 5.90. The van der Waals surface area contributed by atoms with Gasteiger partial charge in [0.2, 0.25) is 0 Å². The van der Waals surface area contributed by atoms with Crippen LogP contribution in [0, 0.1) is 5.82 Å². The number of esters is 1. The Hall–Kier alpha value is -2.69. The number of hydrogen-bond acceptors (Lipinski definition) is 4. The summed E-state index contributed by atoms with van der Waals surface area (Å²) >= 11 is 0. The fraction of sp³-hybridized carbons (Fsp3) is 0.0667. The van der Waals surface area contributed by atoms with E-state index >= 15 is 0 Å². The van der Waals surface area contributed by atoms with Crippen LogP contribution in [0.1, 0.15) is 20.7 Å². The van der Waals surface area contributed by atoms with Crippen molar-refractivity contribution in [3.05, 3.63) is 65.5 Å². The molecular weight excluding hydrogens is 261 g/mol. The molecule has 2 aromatic rings. The second kappa shape index (κ2) is 7.68. The van der Waals surface area contributed by atoms with Crippen molar-refractivity contribution < 1.29 is 18.7 Å². The van der Waals surface area contributed by atoms with E-state index in [4.69, 9.17) is 5.73 Å². The Morgan fingerprint density at radius 1 is 1.10 bits per heavy atom. The van der Waals surface area contributed by atoms with Gasteiger partial charge >= 0.3 is 5.97 Å². The third-order valence-corrected chi connectivity index (χ3v) is 2.34. The molecule has 0 atom stereocenters. The molecular formula is C15H14FNO3. The Bertz CT molecular complexity index is 544. The molecule has 2 rings (SSSR count). The summed E-state index contributed by atoms with van der Waals surface area (Å²) in [6.07, 6.45) is 0.723. The first-order valence-corrected chi connectivity index (χ1v) is 5.71. The average molecular weight is 275 g/mol. The third kappa shape index (κ3) is 4.89. The first kappa shape index (κ1) is 15.4. The maximum Gasteiger partial charge on any atom is 0.337 e. The van der Waals surface area contributed by atoms with Gasteiger partial charge < -0.3 is 10.5 Å². The smallest absolute Gasteiger partial charge is 0.337 e. The van der Waals surface area contributed by atoms with E-state index in [-0.39, 0.29) is 5.82 Å². The maximum absolute atomic E-state index is 12.0. The molecule has 0 saturated carbocycles. The lowest BCUT2D eigenvalue weighted by atomic mass is 10.1. The first-order chi connectivity index (χ1) is 9.56. The molecule has 5 heteroatoms. The molecule has 0 fully saturated rings. The largest absolute Gasteiger partial charge is 0.465 e. The van der Waals surface area contributed by atoms with E-state index in [0.717, 1.165) is 6.29 Å². The van der Waals surface area contributed by atoms with Crippen molar-refractivity contribution >= 4 is 17.9 Å². The van der Waals surface area contributed by atoms with Crippen LogP contribution in [0.2, 0.25) is 0 Å². The third-order valence-electron chi connectivity index (χ3n) is 2.34. The minimum atomic E-state index is -0.396. The molecule has 0 aliphatic carbocycles. The van der Waals surface area contributed by atoms with Gasteiger partial charge in [0.05, 0.1) is 12.7 Å². The van der Waals surface area contributed by atoms with Gasteiger partial charge in [-0.15, -0.1) is 0 Å². The Labute approximate surface area is 116 Å². The summed E-state index contributed by atoms with van der Waals surface area (Å²) in [5.41, 5.74) is 6.84. The first-order valence-electron chi connectivity index (χ1n) is 5.71. The van der Waals surface area contributed by atoms with Crippen LogP contribution in [0.3, 0.4) is 0 Å². The summed E-state index contributed by atoms with van der Waals surface area (Å²) in [6, 6.07) is 11.9. The molecule has 0 bridgehead atoms. The highest BCUT2D eigenvalue weighted by Crippen LogP contribution is 2.03. The van der Waals surface area contributed by atoms with Gasteiger partial charge in [-0.05, 0) is 36.4 Å². The molecule has 0 aliphatic rings. The second-order valence-corrected chi connectivity index (χ2v) is 3.78. The highest BCUT2D eigenvalue weighted by atomic mass is 19.1. The van der Waals surface area contributed by atoms with Crippen LogP contribution < -0.4 is 5.73 Å². The zero-order valence-electron chi connectivity index (χ0n) is 10.9. The van der Waals surface area contributed by atoms with E-state index in [1.165, 1.54) is 31.4 Å². The van der Waals surface area contributed by atoms with Crippen molar-refractivity contribution in [2.45, 2.75) is 0 Å². The number of nitrogen functional groups attached to an aromatic ring is 1. The average Bonchev–Trinajstić information content (AvgIpc) is 2.50. The van der Waals surface area contributed by atoms with Crippen molar-refractivity contribution in [1.82, 2.24) is 0 Å². The minimum absolute atomic E-state index is 0.251. The van der Waals surface area contributed by atoms with E-state index in [0.29, 0.717) is 16.8 Å². The minimum Gasteiger partial charge on any atom is -0.465 e. The summed E-state index contributed by atoms with van der Waals surface area (Å²) in [5.74, 6) is -0.647. The van der Waals surface area contributed by atoms with Gasteiger partial charge in [0, 0.05) is 11.3 Å². The number of nitrogens with two attached hydrogens (primary N) is 1. The molecule has 2 aromatic carbocycles. The standard InChI is InChI=1S/C9H8O3.C6H6FN/c1-12-9(11)8-4-2-7(6-10)3-5-8;7-5-1-3-6(8)4-2-5/h2-6H,1H3;1-4H,8H2. The van der Waals surface area contributed by atoms with Crippen molar-refractivity contribution in [2.24, 2.45) is 0 Å². The van der Waals surface area contributed by atoms with Crippen LogP contribution in [-0.4, -0.2) is 19.4 Å². The van der Waals surface area contributed by atoms with E-state index in [9.17, 15) is 14.0 Å². The van der Waals surface area contributed by atoms with Gasteiger partial charge in [-0.3, -0.25) is 4.79 Å². The van der Waals surface area contributed by atoms with Crippen LogP contribution in [-0.2, 0) is 4.74 Å². The zero-order chi connectivity index (χ0) is 15.0. The Balaban J connectivity index is 0.000000217. The number of ether oxygens (including phenoxy) is 1. The highest BCUT2D eigenvalue weighted by molar-refractivity contribution is 5.90. The quantitative estimate of drug-likeness (QED) is 0.519. The highest BCUT2D eigenvalue weighted by Gasteiger charge is 2.02. The number of carbonyl (C=O) groups is 2. The topological polar surface area (TPSA) is 69.4 Å². The van der Waals surface area contributed by atoms with Crippen molar-refractivity contribution in [1.29, 1.82) is 0 Å². The van der Waals surface area contributed by atoms with Crippen molar-refractivity contribution in [3.63, 3.8) is 0 Å². The lowest BCUT2D eigenvalue weighted by molar-refractivity contribution is 0.0600. The zero-order valence-corrected chi connectivity index (χ0v) is 10.9. The second-order valence-electron chi connectivity index (χ2n) is 3.78. The number of carbonyl (C=O) groups excluding carboxylic acids is 2. The monoisotopic (exact) mass is 275 g/mol. The summed E-state index contributed by atoms with van der Waals surface area (Å²) in [6.45, 7) is 0. The van der Waals surface area contributed by atoms with Crippen LogP contribution in [0.25, 0.3) is 0 Å². The SMILES string of the molecule is COC(=O)c1ccc(C=O)cc1.Nc1ccc(F)cc1. The molecule has 2 N–H and O–H groups in total. The van der Waals surface area contributed by atoms with Crippen LogP contribution in [0.4, 0.5) is 10.1 Å². The van der Waals surface area contributed by atoms with Gasteiger partial charge in [-0.1, -0.05) is 12.1 Å². The van der Waals surface area contributed by atoms with E-state index < -0.39 is 5.97 Å². The summed E-state index contributed by atoms with van der Waals surface area (Å²) < 4.78 is 16.5. The van der Waals surface area contributed by atoms with Gasteiger partial charge in [-0.2, -0.15) is 0 Å². The van der Waals surface area contributed by atoms with Gasteiger partial charge in [-0.25, -0.2) is 9.18 Å². The van der Waals surface area contributed by atoms with Crippen molar-refractivity contribution in [3.8, 4) is 0 Å². The van der Waals surface area contributed by atoms with Crippen LogP contribution >= 0.6 is 0 Å². The van der Waals surface area contributed by atoms with Crippen LogP contribution in [0.15, 0.2) is 48.5 Å². The van der Waals surface area contributed by atoms with E-state index in [1.807, 2.05) is 0 Å². The number of methoxy groups -OCH3 is 1. The molecule has 20 heavy (non-hydrogen) atoms. The normalized spacial score (nSPS) is 9.10. The molecule has 0 amide bonds. The molecule has 0 unspecified atom stereocenters. The number of hydrogen-bond donors (Lipinski definition) is 1. The van der Waals surface area contributed by atoms with E-state index in [2.05, 4.69) is 4.74 Å². The number of benzene rings is 2. The Morgan fingerprint density at radius 2 is 1.65 bits per heavy atom. The molecule has 104 valence electrons. The molecule has 0 heterocycles. The number of aldehydes is 1. The summed E-state index contributed by atoms with van der Waals surface area (Å²) in [7, 11) is 1.32. The number of rotatable bonds is 2.